The van der Waals surface area contributed by atoms with Gasteiger partial charge in [-0.3, -0.25) is 4.90 Å². The van der Waals surface area contributed by atoms with E-state index >= 15 is 0 Å². The van der Waals surface area contributed by atoms with Gasteiger partial charge in [0.15, 0.2) is 0 Å². The molecule has 2 atom stereocenters. The molecule has 1 aliphatic heterocycles. The van der Waals surface area contributed by atoms with Gasteiger partial charge in [-0.25, -0.2) is 0 Å². The van der Waals surface area contributed by atoms with Crippen LogP contribution in [0.4, 0.5) is 0 Å². The van der Waals surface area contributed by atoms with Crippen LogP contribution in [-0.2, 0) is 6.54 Å². The number of thiophene rings is 1. The van der Waals surface area contributed by atoms with E-state index in [4.69, 9.17) is 5.73 Å². The number of nitrogens with two attached hydrogens (primary N) is 1. The summed E-state index contributed by atoms with van der Waals surface area (Å²) in [5, 5.41) is 0. The van der Waals surface area contributed by atoms with Crippen LogP contribution in [0.1, 0.15) is 41.9 Å². The van der Waals surface area contributed by atoms with Gasteiger partial charge in [0, 0.05) is 17.5 Å². The molecule has 1 aromatic heterocycles. The molecule has 2 nitrogen and oxygen atoms in total. The van der Waals surface area contributed by atoms with Crippen molar-refractivity contribution in [3.05, 3.63) is 21.9 Å². The zero-order chi connectivity index (χ0) is 13.1. The van der Waals surface area contributed by atoms with Crippen molar-refractivity contribution < 1.29 is 0 Å². The third-order valence-corrected chi connectivity index (χ3v) is 5.44. The monoisotopic (exact) mass is 274 g/mol. The van der Waals surface area contributed by atoms with Crippen LogP contribution in [0.25, 0.3) is 0 Å². The molecule has 3 heteroatoms. The van der Waals surface area contributed by atoms with E-state index in [0.717, 1.165) is 23.4 Å². The van der Waals surface area contributed by atoms with E-state index in [-0.39, 0.29) is 0 Å². The summed E-state index contributed by atoms with van der Waals surface area (Å²) in [5.74, 6) is 7.04. The maximum atomic E-state index is 5.41. The van der Waals surface area contributed by atoms with E-state index in [1.165, 1.54) is 43.5 Å². The van der Waals surface area contributed by atoms with Gasteiger partial charge in [-0.2, -0.15) is 0 Å². The van der Waals surface area contributed by atoms with Crippen molar-refractivity contribution in [1.29, 1.82) is 0 Å². The molecule has 1 aromatic rings. The third-order valence-electron chi connectivity index (χ3n) is 4.46. The zero-order valence-corrected chi connectivity index (χ0v) is 12.2. The van der Waals surface area contributed by atoms with Crippen molar-refractivity contribution in [2.24, 2.45) is 11.7 Å². The second kappa shape index (κ2) is 6.09. The summed E-state index contributed by atoms with van der Waals surface area (Å²) in [6.45, 7) is 2.86. The predicted octanol–water partition coefficient (Wildman–Crippen LogP) is 2.82. The molecule has 1 aliphatic carbocycles. The molecule has 2 aliphatic rings. The molecular formula is C16H22N2S. The normalized spacial score (nSPS) is 26.8. The van der Waals surface area contributed by atoms with Gasteiger partial charge in [0.1, 0.15) is 0 Å². The van der Waals surface area contributed by atoms with Crippen LogP contribution in [0.15, 0.2) is 12.1 Å². The first kappa shape index (κ1) is 13.2. The first-order valence-corrected chi connectivity index (χ1v) is 8.20. The van der Waals surface area contributed by atoms with Gasteiger partial charge in [-0.15, -0.1) is 11.3 Å². The Morgan fingerprint density at radius 1 is 1.26 bits per heavy atom. The van der Waals surface area contributed by atoms with Crippen molar-refractivity contribution in [3.63, 3.8) is 0 Å². The van der Waals surface area contributed by atoms with Gasteiger partial charge in [-0.1, -0.05) is 24.7 Å². The average Bonchev–Trinajstić information content (AvgIpc) is 3.05. The van der Waals surface area contributed by atoms with Gasteiger partial charge in [0.25, 0.3) is 0 Å². The Morgan fingerprint density at radius 3 is 3.05 bits per heavy atom. The topological polar surface area (TPSA) is 29.3 Å². The first-order chi connectivity index (χ1) is 9.36. The lowest BCUT2D eigenvalue weighted by molar-refractivity contribution is 0.177. The summed E-state index contributed by atoms with van der Waals surface area (Å²) in [6.07, 6.45) is 7.16. The van der Waals surface area contributed by atoms with E-state index < -0.39 is 0 Å². The molecule has 0 aromatic carbocycles. The fourth-order valence-corrected chi connectivity index (χ4v) is 4.48. The van der Waals surface area contributed by atoms with E-state index in [1.54, 1.807) is 0 Å². The summed E-state index contributed by atoms with van der Waals surface area (Å²) in [7, 11) is 0. The van der Waals surface area contributed by atoms with Crippen molar-refractivity contribution in [3.8, 4) is 11.8 Å². The lowest BCUT2D eigenvalue weighted by Crippen LogP contribution is -2.33. The minimum absolute atomic E-state index is 0.448. The zero-order valence-electron chi connectivity index (χ0n) is 11.4. The molecule has 3 rings (SSSR count). The SMILES string of the molecule is NCC#Cc1ccc(CN2CCC3CCCCC32)s1. The molecule has 2 N–H and O–H groups in total. The molecule has 1 saturated carbocycles. The molecule has 102 valence electrons. The maximum absolute atomic E-state index is 5.41. The molecule has 0 spiro atoms. The van der Waals surface area contributed by atoms with Crippen molar-refractivity contribution in [2.45, 2.75) is 44.7 Å². The third kappa shape index (κ3) is 3.02. The number of rotatable bonds is 2. The van der Waals surface area contributed by atoms with Gasteiger partial charge >= 0.3 is 0 Å². The van der Waals surface area contributed by atoms with E-state index in [2.05, 4.69) is 28.9 Å². The summed E-state index contributed by atoms with van der Waals surface area (Å²) < 4.78 is 0. The average molecular weight is 274 g/mol. The molecule has 0 radical (unpaired) electrons. The largest absolute Gasteiger partial charge is 0.320 e. The second-order valence-electron chi connectivity index (χ2n) is 5.64. The molecule has 2 unspecified atom stereocenters. The Morgan fingerprint density at radius 2 is 2.16 bits per heavy atom. The van der Waals surface area contributed by atoms with Crippen molar-refractivity contribution >= 4 is 11.3 Å². The smallest absolute Gasteiger partial charge is 0.0772 e. The van der Waals surface area contributed by atoms with Crippen LogP contribution < -0.4 is 5.73 Å². The van der Waals surface area contributed by atoms with Gasteiger partial charge < -0.3 is 5.73 Å². The summed E-state index contributed by atoms with van der Waals surface area (Å²) in [5.41, 5.74) is 5.41. The Hall–Kier alpha value is -0.820. The molecule has 2 heterocycles. The summed E-state index contributed by atoms with van der Waals surface area (Å²) >= 11 is 1.83. The van der Waals surface area contributed by atoms with Gasteiger partial charge in [0.05, 0.1) is 11.4 Å². The van der Waals surface area contributed by atoms with Crippen LogP contribution in [0.2, 0.25) is 0 Å². The predicted molar refractivity (Wildman–Crippen MR) is 81.0 cm³/mol. The Balaban J connectivity index is 1.63. The molecule has 1 saturated heterocycles. The van der Waals surface area contributed by atoms with Crippen molar-refractivity contribution in [2.75, 3.05) is 13.1 Å². The Labute approximate surface area is 120 Å². The van der Waals surface area contributed by atoms with E-state index in [0.29, 0.717) is 6.54 Å². The van der Waals surface area contributed by atoms with Crippen LogP contribution in [0, 0.1) is 17.8 Å². The number of hydrogen-bond donors (Lipinski definition) is 1. The van der Waals surface area contributed by atoms with Crippen LogP contribution in [-0.4, -0.2) is 24.0 Å². The highest BCUT2D eigenvalue weighted by Crippen LogP contribution is 2.37. The lowest BCUT2D eigenvalue weighted by Gasteiger charge is -2.31. The minimum atomic E-state index is 0.448. The first-order valence-electron chi connectivity index (χ1n) is 7.38. The Kier molecular flexibility index (Phi) is 4.22. The number of hydrogen-bond acceptors (Lipinski definition) is 3. The highest BCUT2D eigenvalue weighted by atomic mass is 32.1. The summed E-state index contributed by atoms with van der Waals surface area (Å²) in [6, 6.07) is 5.23. The quantitative estimate of drug-likeness (QED) is 0.840. The summed E-state index contributed by atoms with van der Waals surface area (Å²) in [4.78, 5) is 5.31. The molecular weight excluding hydrogens is 252 g/mol. The number of fused-ring (bicyclic) bond motifs is 1. The highest BCUT2D eigenvalue weighted by molar-refractivity contribution is 7.12. The number of likely N-dealkylation sites (tertiary alicyclic amines) is 1. The number of nitrogens with zero attached hydrogens (tertiary/aromatic N) is 1. The minimum Gasteiger partial charge on any atom is -0.320 e. The van der Waals surface area contributed by atoms with Gasteiger partial charge in [0.2, 0.25) is 0 Å². The van der Waals surface area contributed by atoms with E-state index in [1.807, 2.05) is 11.3 Å². The van der Waals surface area contributed by atoms with E-state index in [9.17, 15) is 0 Å². The van der Waals surface area contributed by atoms with Crippen LogP contribution >= 0.6 is 11.3 Å². The molecule has 0 bridgehead atoms. The van der Waals surface area contributed by atoms with Gasteiger partial charge in [-0.05, 0) is 43.9 Å². The standard InChI is InChI=1S/C16H22N2S/c17-10-3-5-14-7-8-15(19-14)12-18-11-9-13-4-1-2-6-16(13)18/h7-8,13,16H,1-2,4,6,9-12,17H2. The molecule has 2 fully saturated rings. The fourth-order valence-electron chi connectivity index (χ4n) is 3.57. The maximum Gasteiger partial charge on any atom is 0.0772 e. The molecule has 19 heavy (non-hydrogen) atoms. The Bertz CT molecular complexity index is 482. The van der Waals surface area contributed by atoms with Crippen LogP contribution in [0.3, 0.4) is 0 Å². The second-order valence-corrected chi connectivity index (χ2v) is 6.81. The molecule has 0 amide bonds. The fraction of sp³-hybridized carbons (Fsp3) is 0.625. The lowest BCUT2D eigenvalue weighted by atomic mass is 9.85. The van der Waals surface area contributed by atoms with Crippen molar-refractivity contribution in [1.82, 2.24) is 4.90 Å². The highest BCUT2D eigenvalue weighted by Gasteiger charge is 2.35. The van der Waals surface area contributed by atoms with Crippen LogP contribution in [0.5, 0.6) is 0 Å².